The molecule has 4 aliphatic rings. The van der Waals surface area contributed by atoms with E-state index in [0.29, 0.717) is 22.9 Å². The van der Waals surface area contributed by atoms with Gasteiger partial charge in [0.1, 0.15) is 0 Å². The van der Waals surface area contributed by atoms with Crippen molar-refractivity contribution in [3.8, 4) is 0 Å². The summed E-state index contributed by atoms with van der Waals surface area (Å²) < 4.78 is 11.6. The number of furan rings is 1. The third-order valence-corrected chi connectivity index (χ3v) is 9.71. The molecule has 160 valence electrons. The molecular weight excluding hydrogens is 358 g/mol. The maximum absolute atomic E-state index is 6.16. The van der Waals surface area contributed by atoms with Gasteiger partial charge in [-0.1, -0.05) is 25.5 Å². The molecule has 0 spiro atoms. The van der Waals surface area contributed by atoms with E-state index in [2.05, 4.69) is 26.0 Å². The van der Waals surface area contributed by atoms with Gasteiger partial charge >= 0.3 is 0 Å². The predicted molar refractivity (Wildman–Crippen MR) is 117 cm³/mol. The van der Waals surface area contributed by atoms with E-state index in [9.17, 15) is 0 Å². The van der Waals surface area contributed by atoms with Crippen LogP contribution >= 0.6 is 0 Å². The lowest BCUT2D eigenvalue weighted by Crippen LogP contribution is -2.50. The molecule has 2 N–H and O–H groups in total. The molecule has 0 radical (unpaired) electrons. The number of fused-ring (bicyclic) bond motifs is 5. The van der Waals surface area contributed by atoms with E-state index < -0.39 is 0 Å². The quantitative estimate of drug-likeness (QED) is 0.485. The van der Waals surface area contributed by atoms with Crippen LogP contribution in [-0.2, 0) is 4.74 Å². The van der Waals surface area contributed by atoms with Crippen molar-refractivity contribution in [3.63, 3.8) is 0 Å². The predicted octanol–water partition coefficient (Wildman–Crippen LogP) is 6.06. The highest BCUT2D eigenvalue weighted by Crippen LogP contribution is 2.68. The van der Waals surface area contributed by atoms with Gasteiger partial charge in [-0.2, -0.15) is 0 Å². The van der Waals surface area contributed by atoms with Gasteiger partial charge in [0.2, 0.25) is 0 Å². The molecule has 1 heterocycles. The molecule has 0 saturated heterocycles. The van der Waals surface area contributed by atoms with Gasteiger partial charge in [-0.25, -0.2) is 0 Å². The Balaban J connectivity index is 1.34. The molecule has 3 fully saturated rings. The summed E-state index contributed by atoms with van der Waals surface area (Å²) in [5.74, 6) is 3.30. The first-order valence-electron chi connectivity index (χ1n) is 12.1. The van der Waals surface area contributed by atoms with Crippen LogP contribution in [0, 0.1) is 28.6 Å². The van der Waals surface area contributed by atoms with E-state index in [1.54, 1.807) is 5.57 Å². The number of hydrogen-bond donors (Lipinski definition) is 1. The van der Waals surface area contributed by atoms with Crippen molar-refractivity contribution in [1.82, 2.24) is 0 Å². The average Bonchev–Trinajstić information content (AvgIpc) is 3.35. The molecule has 1 aromatic heterocycles. The van der Waals surface area contributed by atoms with Crippen LogP contribution in [-0.4, -0.2) is 19.3 Å². The number of hydrogen-bond acceptors (Lipinski definition) is 3. The van der Waals surface area contributed by atoms with E-state index in [4.69, 9.17) is 14.9 Å². The molecule has 0 unspecified atom stereocenters. The summed E-state index contributed by atoms with van der Waals surface area (Å²) in [4.78, 5) is 0. The summed E-state index contributed by atoms with van der Waals surface area (Å²) >= 11 is 0. The largest absolute Gasteiger partial charge is 0.472 e. The van der Waals surface area contributed by atoms with Gasteiger partial charge in [-0.3, -0.25) is 0 Å². The zero-order valence-corrected chi connectivity index (χ0v) is 18.4. The maximum Gasteiger partial charge on any atom is 0.0937 e. The second-order valence-corrected chi connectivity index (χ2v) is 10.9. The Morgan fingerprint density at radius 1 is 1.14 bits per heavy atom. The molecule has 5 rings (SSSR count). The highest BCUT2D eigenvalue weighted by molar-refractivity contribution is 5.27. The van der Waals surface area contributed by atoms with E-state index in [-0.39, 0.29) is 0 Å². The maximum atomic E-state index is 6.16. The first-order chi connectivity index (χ1) is 14.1. The minimum absolute atomic E-state index is 0.408. The van der Waals surface area contributed by atoms with Crippen molar-refractivity contribution in [2.45, 2.75) is 83.7 Å². The molecule has 29 heavy (non-hydrogen) atoms. The van der Waals surface area contributed by atoms with Gasteiger partial charge in [0, 0.05) is 6.61 Å². The summed E-state index contributed by atoms with van der Waals surface area (Å²) in [7, 11) is 0. The van der Waals surface area contributed by atoms with Crippen LogP contribution in [0.15, 0.2) is 34.7 Å². The van der Waals surface area contributed by atoms with Crippen LogP contribution in [0.5, 0.6) is 0 Å². The van der Waals surface area contributed by atoms with Gasteiger partial charge in [0.05, 0.1) is 18.6 Å². The van der Waals surface area contributed by atoms with Crippen LogP contribution in [0.3, 0.4) is 0 Å². The standard InChI is InChI=1S/C26H39NO2/c1-25-11-8-20(29-14-3-13-27)16-19(25)4-5-21-23-7-6-22(18-10-15-28-17-18)26(23,2)12-9-24(21)25/h4,10,15,17,20-24H,3,5-9,11-14,16,27H2,1-2H3/t20-,21-,22+,23-,24-,25-,26+/m0/s1. The van der Waals surface area contributed by atoms with Gasteiger partial charge < -0.3 is 14.9 Å². The zero-order valence-electron chi connectivity index (χ0n) is 18.4. The fraction of sp³-hybridized carbons (Fsp3) is 0.769. The zero-order chi connectivity index (χ0) is 20.1. The van der Waals surface area contributed by atoms with Crippen molar-refractivity contribution in [1.29, 1.82) is 0 Å². The topological polar surface area (TPSA) is 48.4 Å². The first kappa shape index (κ1) is 19.9. The molecule has 3 nitrogen and oxygen atoms in total. The van der Waals surface area contributed by atoms with E-state index >= 15 is 0 Å². The molecule has 4 aliphatic carbocycles. The lowest BCUT2D eigenvalue weighted by molar-refractivity contribution is -0.0510. The number of allylic oxidation sites excluding steroid dienone is 1. The van der Waals surface area contributed by atoms with Crippen molar-refractivity contribution in [2.75, 3.05) is 13.2 Å². The number of rotatable bonds is 5. The highest BCUT2D eigenvalue weighted by atomic mass is 16.5. The second-order valence-electron chi connectivity index (χ2n) is 10.9. The third-order valence-electron chi connectivity index (χ3n) is 9.71. The van der Waals surface area contributed by atoms with Crippen LogP contribution in [0.1, 0.15) is 83.1 Å². The van der Waals surface area contributed by atoms with E-state index in [1.807, 2.05) is 12.5 Å². The van der Waals surface area contributed by atoms with Crippen molar-refractivity contribution >= 4 is 0 Å². The molecule has 0 amide bonds. The smallest absolute Gasteiger partial charge is 0.0937 e. The molecule has 3 saturated carbocycles. The Morgan fingerprint density at radius 3 is 2.83 bits per heavy atom. The minimum atomic E-state index is 0.408. The summed E-state index contributed by atoms with van der Waals surface area (Å²) in [5, 5.41) is 0. The minimum Gasteiger partial charge on any atom is -0.472 e. The first-order valence-corrected chi connectivity index (χ1v) is 12.1. The molecule has 0 bridgehead atoms. The van der Waals surface area contributed by atoms with Gasteiger partial charge in [-0.15, -0.1) is 0 Å². The Bertz CT molecular complexity index is 740. The molecule has 1 aromatic rings. The SMILES string of the molecule is C[C@]12CC[C@H]3[C@@H](CC=C4C[C@@H](OCCCN)CC[C@@]43C)[C@@H]1CC[C@@H]2c1ccoc1. The molecule has 3 heteroatoms. The lowest BCUT2D eigenvalue weighted by atomic mass is 9.47. The van der Waals surface area contributed by atoms with Gasteiger partial charge in [-0.05, 0) is 110 Å². The average molecular weight is 398 g/mol. The molecule has 7 atom stereocenters. The van der Waals surface area contributed by atoms with Crippen molar-refractivity contribution in [2.24, 2.45) is 34.3 Å². The molecule has 0 aliphatic heterocycles. The second kappa shape index (κ2) is 7.57. The summed E-state index contributed by atoms with van der Waals surface area (Å²) in [5.41, 5.74) is 9.67. The number of ether oxygens (including phenoxy) is 1. The van der Waals surface area contributed by atoms with Crippen molar-refractivity contribution in [3.05, 3.63) is 35.8 Å². The third kappa shape index (κ3) is 3.15. The lowest BCUT2D eigenvalue weighted by Gasteiger charge is -2.58. The Hall–Kier alpha value is -1.06. The normalized spacial score (nSPS) is 44.0. The summed E-state index contributed by atoms with van der Waals surface area (Å²) in [6.45, 7) is 6.75. The summed E-state index contributed by atoms with van der Waals surface area (Å²) in [6.07, 6.45) is 18.4. The van der Waals surface area contributed by atoms with Gasteiger partial charge in [0.15, 0.2) is 0 Å². The van der Waals surface area contributed by atoms with Gasteiger partial charge in [0.25, 0.3) is 0 Å². The monoisotopic (exact) mass is 397 g/mol. The van der Waals surface area contributed by atoms with Crippen LogP contribution in [0.4, 0.5) is 0 Å². The van der Waals surface area contributed by atoms with Crippen LogP contribution in [0.25, 0.3) is 0 Å². The van der Waals surface area contributed by atoms with Crippen LogP contribution < -0.4 is 5.73 Å². The highest BCUT2D eigenvalue weighted by Gasteiger charge is 2.58. The number of nitrogens with two attached hydrogens (primary N) is 1. The molecule has 0 aromatic carbocycles. The van der Waals surface area contributed by atoms with E-state index in [0.717, 1.165) is 43.7 Å². The molecular formula is C26H39NO2. The van der Waals surface area contributed by atoms with Crippen molar-refractivity contribution < 1.29 is 9.15 Å². The fourth-order valence-electron chi connectivity index (χ4n) is 8.12. The Morgan fingerprint density at radius 2 is 2.03 bits per heavy atom. The Kier molecular flexibility index (Phi) is 5.19. The van der Waals surface area contributed by atoms with E-state index in [1.165, 1.54) is 50.5 Å². The fourth-order valence-corrected chi connectivity index (χ4v) is 8.12. The summed E-state index contributed by atoms with van der Waals surface area (Å²) in [6, 6.07) is 2.22. The Labute approximate surface area is 176 Å². The van der Waals surface area contributed by atoms with Crippen LogP contribution in [0.2, 0.25) is 0 Å².